The molecule has 0 atom stereocenters. The first-order valence-electron chi connectivity index (χ1n) is 3.10. The Bertz CT molecular complexity index is 59.5. The topological polar surface area (TPSA) is 0 Å². The second-order valence-corrected chi connectivity index (χ2v) is 4.13. The van der Waals surface area contributed by atoms with E-state index in [0.717, 1.165) is 0 Å². The van der Waals surface area contributed by atoms with Crippen molar-refractivity contribution in [1.82, 2.24) is 0 Å². The zero-order chi connectivity index (χ0) is 7.00. The van der Waals surface area contributed by atoms with Gasteiger partial charge in [0.05, 0.1) is 0 Å². The van der Waals surface area contributed by atoms with Crippen LogP contribution in [0, 0.1) is 17.8 Å². The Balaban J connectivity index is 0. The average Bonchev–Trinajstić information content (AvgIpc) is 1.25. The van der Waals surface area contributed by atoms with Gasteiger partial charge >= 0.3 is 32.7 Å². The van der Waals surface area contributed by atoms with E-state index >= 15 is 0 Å². The Labute approximate surface area is 84.7 Å². The Hall–Kier alpha value is 1.10. The molecule has 0 unspecified atom stereocenters. The third kappa shape index (κ3) is 4.50. The first kappa shape index (κ1) is 12.8. The zero-order valence-electron chi connectivity index (χ0n) is 7.28. The zero-order valence-corrected chi connectivity index (χ0v) is 10.1. The second-order valence-electron chi connectivity index (χ2n) is 4.13. The molecule has 0 amide bonds. The van der Waals surface area contributed by atoms with E-state index < -0.39 is 0 Å². The van der Waals surface area contributed by atoms with Crippen LogP contribution in [0.5, 0.6) is 0 Å². The summed E-state index contributed by atoms with van der Waals surface area (Å²) in [5, 5.41) is 0. The molecule has 0 aromatic carbocycles. The van der Waals surface area contributed by atoms with Gasteiger partial charge in [-0.3, -0.25) is 0 Å². The maximum Gasteiger partial charge on any atom is 3.00 e. The Morgan fingerprint density at radius 3 is 1.00 bits per heavy atom. The van der Waals surface area contributed by atoms with Gasteiger partial charge in [0.15, 0.2) is 0 Å². The van der Waals surface area contributed by atoms with Crippen LogP contribution in [-0.2, 0) is 32.7 Å². The summed E-state index contributed by atoms with van der Waals surface area (Å²) < 4.78 is 0. The minimum Gasteiger partial charge on any atom is -0.337 e. The van der Waals surface area contributed by atoms with Gasteiger partial charge in [0, 0.05) is 0 Å². The normalized spacial score (nSPS) is 12.7. The van der Waals surface area contributed by atoms with Gasteiger partial charge < -0.3 is 6.92 Å². The molecule has 0 saturated heterocycles. The SMILES string of the molecule is [CH2-]C(C)(C)C(C)(C)C.[Y+3]. The first-order chi connectivity index (χ1) is 3.25. The van der Waals surface area contributed by atoms with Gasteiger partial charge in [-0.15, -0.1) is 0 Å². The molecule has 1 heteroatoms. The molecular formula is C8H17Y+2. The molecule has 0 saturated carbocycles. The average molecular weight is 202 g/mol. The van der Waals surface area contributed by atoms with Crippen LogP contribution in [0.3, 0.4) is 0 Å². The smallest absolute Gasteiger partial charge is 0.337 e. The fourth-order valence-electron chi connectivity index (χ4n) is 0. The molecule has 0 aliphatic heterocycles. The summed E-state index contributed by atoms with van der Waals surface area (Å²) in [6, 6.07) is 0. The molecule has 0 spiro atoms. The van der Waals surface area contributed by atoms with Gasteiger partial charge in [-0.25, -0.2) is 0 Å². The number of hydrogen-bond acceptors (Lipinski definition) is 0. The molecule has 0 bridgehead atoms. The molecule has 50 valence electrons. The van der Waals surface area contributed by atoms with E-state index in [2.05, 4.69) is 41.5 Å². The minimum atomic E-state index is 0. The van der Waals surface area contributed by atoms with Crippen molar-refractivity contribution in [2.75, 3.05) is 0 Å². The summed E-state index contributed by atoms with van der Waals surface area (Å²) in [6.07, 6.45) is 0. The van der Waals surface area contributed by atoms with E-state index in [4.69, 9.17) is 0 Å². The van der Waals surface area contributed by atoms with Gasteiger partial charge in [0.25, 0.3) is 0 Å². The molecule has 0 radical (unpaired) electrons. The molecule has 0 aliphatic carbocycles. The summed E-state index contributed by atoms with van der Waals surface area (Å²) in [4.78, 5) is 0. The molecule has 0 aromatic heterocycles. The standard InChI is InChI=1S/C8H17.Y/c1-7(2,3)8(4,5)6;/h1H2,2-6H3;/q-1;+3. The van der Waals surface area contributed by atoms with E-state index in [1.807, 2.05) is 0 Å². The fourth-order valence-corrected chi connectivity index (χ4v) is 0. The summed E-state index contributed by atoms with van der Waals surface area (Å²) in [5.41, 5.74) is 0.514. The maximum atomic E-state index is 4.04. The van der Waals surface area contributed by atoms with Crippen LogP contribution in [-0.4, -0.2) is 0 Å². The van der Waals surface area contributed by atoms with Crippen molar-refractivity contribution in [3.63, 3.8) is 0 Å². The van der Waals surface area contributed by atoms with E-state index in [-0.39, 0.29) is 38.1 Å². The van der Waals surface area contributed by atoms with Gasteiger partial charge in [-0.1, -0.05) is 40.0 Å². The van der Waals surface area contributed by atoms with Crippen molar-refractivity contribution in [2.24, 2.45) is 10.8 Å². The quantitative estimate of drug-likeness (QED) is 0.530. The van der Waals surface area contributed by atoms with Crippen LogP contribution in [0.2, 0.25) is 0 Å². The van der Waals surface area contributed by atoms with E-state index in [1.54, 1.807) is 0 Å². The number of rotatable bonds is 0. The van der Waals surface area contributed by atoms with Crippen LogP contribution >= 0.6 is 0 Å². The van der Waals surface area contributed by atoms with Gasteiger partial charge in [-0.2, -0.15) is 5.41 Å². The molecule has 0 rings (SSSR count). The molecule has 0 aliphatic rings. The molecule has 0 nitrogen and oxygen atoms in total. The van der Waals surface area contributed by atoms with Gasteiger partial charge in [0.1, 0.15) is 0 Å². The van der Waals surface area contributed by atoms with Crippen LogP contribution in [0.4, 0.5) is 0 Å². The van der Waals surface area contributed by atoms with Crippen molar-refractivity contribution in [2.45, 2.75) is 34.6 Å². The Kier molecular flexibility index (Phi) is 4.93. The Morgan fingerprint density at radius 2 is 1.00 bits per heavy atom. The summed E-state index contributed by atoms with van der Waals surface area (Å²) in [7, 11) is 0. The van der Waals surface area contributed by atoms with Crippen LogP contribution < -0.4 is 0 Å². The minimum absolute atomic E-state index is 0. The van der Waals surface area contributed by atoms with Crippen molar-refractivity contribution >= 4 is 0 Å². The van der Waals surface area contributed by atoms with Crippen LogP contribution in [0.1, 0.15) is 34.6 Å². The third-order valence-electron chi connectivity index (χ3n) is 2.03. The summed E-state index contributed by atoms with van der Waals surface area (Å²) in [6.45, 7) is 15.0. The molecule has 0 N–H and O–H groups in total. The van der Waals surface area contributed by atoms with Crippen molar-refractivity contribution in [3.05, 3.63) is 6.92 Å². The largest absolute Gasteiger partial charge is 3.00 e. The first-order valence-corrected chi connectivity index (χ1v) is 3.10. The molecule has 0 heterocycles. The van der Waals surface area contributed by atoms with Crippen molar-refractivity contribution < 1.29 is 32.7 Å². The fraction of sp³-hybridized carbons (Fsp3) is 0.875. The van der Waals surface area contributed by atoms with Crippen molar-refractivity contribution in [1.29, 1.82) is 0 Å². The van der Waals surface area contributed by atoms with Crippen LogP contribution in [0.25, 0.3) is 0 Å². The monoisotopic (exact) mass is 202 g/mol. The van der Waals surface area contributed by atoms with Gasteiger partial charge in [0.2, 0.25) is 0 Å². The maximum absolute atomic E-state index is 4.04. The summed E-state index contributed by atoms with van der Waals surface area (Å²) in [5.74, 6) is 0. The summed E-state index contributed by atoms with van der Waals surface area (Å²) >= 11 is 0. The molecule has 0 aromatic rings. The predicted octanol–water partition coefficient (Wildman–Crippen LogP) is 2.89. The van der Waals surface area contributed by atoms with E-state index in [0.29, 0.717) is 5.41 Å². The molecular weight excluding hydrogens is 185 g/mol. The van der Waals surface area contributed by atoms with Crippen molar-refractivity contribution in [3.8, 4) is 0 Å². The molecule has 9 heavy (non-hydrogen) atoms. The van der Waals surface area contributed by atoms with E-state index in [1.165, 1.54) is 0 Å². The molecule has 0 fully saturated rings. The second kappa shape index (κ2) is 3.48. The number of hydrogen-bond donors (Lipinski definition) is 0. The predicted molar refractivity (Wildman–Crippen MR) is 38.6 cm³/mol. The Morgan fingerprint density at radius 1 is 0.889 bits per heavy atom. The van der Waals surface area contributed by atoms with E-state index in [9.17, 15) is 0 Å². The third-order valence-corrected chi connectivity index (χ3v) is 2.03. The van der Waals surface area contributed by atoms with Crippen LogP contribution in [0.15, 0.2) is 0 Å². The van der Waals surface area contributed by atoms with Gasteiger partial charge in [-0.05, 0) is 0 Å².